The number of halogens is 1. The van der Waals surface area contributed by atoms with E-state index in [0.717, 1.165) is 17.3 Å². The maximum Gasteiger partial charge on any atom is 0.254 e. The van der Waals surface area contributed by atoms with E-state index in [4.69, 9.17) is 0 Å². The molecule has 3 rings (SSSR count). The van der Waals surface area contributed by atoms with Gasteiger partial charge in [0, 0.05) is 30.6 Å². The highest BCUT2D eigenvalue weighted by molar-refractivity contribution is 5.96. The van der Waals surface area contributed by atoms with E-state index in [1.807, 2.05) is 18.2 Å². The fourth-order valence-corrected chi connectivity index (χ4v) is 2.68. The molecule has 0 fully saturated rings. The van der Waals surface area contributed by atoms with Crippen LogP contribution in [-0.4, -0.2) is 23.5 Å². The van der Waals surface area contributed by atoms with Crippen molar-refractivity contribution in [3.63, 3.8) is 0 Å². The number of carbonyl (C=O) groups excluding carboxylic acids is 2. The van der Waals surface area contributed by atoms with Crippen LogP contribution in [0.4, 0.5) is 10.1 Å². The predicted molar refractivity (Wildman–Crippen MR) is 82.8 cm³/mol. The molecular weight excluding hydrogens is 299 g/mol. The highest BCUT2D eigenvalue weighted by atomic mass is 19.1. The van der Waals surface area contributed by atoms with Gasteiger partial charge in [-0.2, -0.15) is 0 Å². The topological polar surface area (TPSA) is 78.4 Å². The van der Waals surface area contributed by atoms with Crippen LogP contribution in [0.15, 0.2) is 42.5 Å². The van der Waals surface area contributed by atoms with Crippen molar-refractivity contribution in [2.75, 3.05) is 11.9 Å². The highest BCUT2D eigenvalue weighted by Crippen LogP contribution is 2.31. The Hall–Kier alpha value is -2.89. The number of hydrogen-bond donors (Lipinski definition) is 3. The quantitative estimate of drug-likeness (QED) is 0.814. The molecule has 1 heterocycles. The molecule has 3 N–H and O–H groups in total. The Bertz CT molecular complexity index is 776. The predicted octanol–water partition coefficient (Wildman–Crippen LogP) is 2.39. The number of fused-ring (bicyclic) bond motifs is 1. The van der Waals surface area contributed by atoms with Crippen molar-refractivity contribution >= 4 is 17.5 Å². The van der Waals surface area contributed by atoms with E-state index in [1.165, 1.54) is 12.1 Å². The molecule has 118 valence electrons. The van der Waals surface area contributed by atoms with Gasteiger partial charge in [0.05, 0.1) is 5.56 Å². The van der Waals surface area contributed by atoms with Crippen molar-refractivity contribution in [1.29, 1.82) is 0 Å². The second-order valence-corrected chi connectivity index (χ2v) is 5.41. The first-order chi connectivity index (χ1) is 11.0. The minimum absolute atomic E-state index is 0.112. The Labute approximate surface area is 132 Å². The molecule has 0 aromatic heterocycles. The largest absolute Gasteiger partial charge is 0.508 e. The molecule has 2 amide bonds. The van der Waals surface area contributed by atoms with Crippen LogP contribution in [0.5, 0.6) is 5.75 Å². The zero-order valence-electron chi connectivity index (χ0n) is 12.2. The van der Waals surface area contributed by atoms with Gasteiger partial charge in [0.2, 0.25) is 5.91 Å². The average Bonchev–Trinajstić information content (AvgIpc) is 2.52. The molecule has 1 aliphatic rings. The van der Waals surface area contributed by atoms with E-state index in [0.29, 0.717) is 0 Å². The van der Waals surface area contributed by atoms with Crippen molar-refractivity contribution in [2.45, 2.75) is 12.3 Å². The molecule has 2 aromatic rings. The standard InChI is InChI=1S/C17H15FN2O3/c18-14-8-11(21)5-6-13(14)17(23)19-9-10-7-16(22)20-15-4-2-1-3-12(10)15/h1-6,8,10,21H,7,9H2,(H,19,23)(H,20,22)/t10-/m1/s1. The first-order valence-electron chi connectivity index (χ1n) is 7.20. The molecule has 0 aliphatic carbocycles. The fraction of sp³-hybridized carbons (Fsp3) is 0.176. The third-order valence-corrected chi connectivity index (χ3v) is 3.81. The van der Waals surface area contributed by atoms with Crippen molar-refractivity contribution < 1.29 is 19.1 Å². The number of para-hydroxylation sites is 1. The van der Waals surface area contributed by atoms with Gasteiger partial charge in [0.15, 0.2) is 0 Å². The van der Waals surface area contributed by atoms with Crippen LogP contribution >= 0.6 is 0 Å². The van der Waals surface area contributed by atoms with Crippen LogP contribution in [0.25, 0.3) is 0 Å². The molecule has 5 nitrogen and oxygen atoms in total. The summed E-state index contributed by atoms with van der Waals surface area (Å²) >= 11 is 0. The molecule has 2 aromatic carbocycles. The van der Waals surface area contributed by atoms with Crippen LogP contribution in [0.1, 0.15) is 28.3 Å². The number of hydrogen-bond acceptors (Lipinski definition) is 3. The van der Waals surface area contributed by atoms with Gasteiger partial charge in [-0.05, 0) is 23.8 Å². The lowest BCUT2D eigenvalue weighted by Gasteiger charge is -2.25. The van der Waals surface area contributed by atoms with Gasteiger partial charge in [-0.1, -0.05) is 18.2 Å². The molecule has 1 aliphatic heterocycles. The van der Waals surface area contributed by atoms with E-state index in [9.17, 15) is 19.1 Å². The summed E-state index contributed by atoms with van der Waals surface area (Å²) in [6.45, 7) is 0.226. The maximum absolute atomic E-state index is 13.7. The highest BCUT2D eigenvalue weighted by Gasteiger charge is 2.25. The minimum atomic E-state index is -0.788. The molecule has 1 atom stereocenters. The SMILES string of the molecule is O=C1C[C@H](CNC(=O)c2ccc(O)cc2F)c2ccccc2N1. The van der Waals surface area contributed by atoms with E-state index < -0.39 is 11.7 Å². The summed E-state index contributed by atoms with van der Waals surface area (Å²) < 4.78 is 13.7. The minimum Gasteiger partial charge on any atom is -0.508 e. The molecule has 0 radical (unpaired) electrons. The Balaban J connectivity index is 1.73. The first kappa shape index (κ1) is 15.0. The summed E-state index contributed by atoms with van der Waals surface area (Å²) in [5.41, 5.74) is 1.54. The number of anilines is 1. The maximum atomic E-state index is 13.7. The lowest BCUT2D eigenvalue weighted by Crippen LogP contribution is -2.33. The summed E-state index contributed by atoms with van der Waals surface area (Å²) in [6, 6.07) is 10.8. The Kier molecular flexibility index (Phi) is 3.97. The summed E-state index contributed by atoms with van der Waals surface area (Å²) in [5.74, 6) is -1.88. The number of nitrogens with one attached hydrogen (secondary N) is 2. The second-order valence-electron chi connectivity index (χ2n) is 5.41. The van der Waals surface area contributed by atoms with Gasteiger partial charge in [-0.3, -0.25) is 9.59 Å². The van der Waals surface area contributed by atoms with Gasteiger partial charge in [-0.15, -0.1) is 0 Å². The van der Waals surface area contributed by atoms with Crippen molar-refractivity contribution in [3.05, 3.63) is 59.4 Å². The number of rotatable bonds is 3. The van der Waals surface area contributed by atoms with E-state index >= 15 is 0 Å². The molecule has 0 unspecified atom stereocenters. The Morgan fingerprint density at radius 1 is 1.30 bits per heavy atom. The first-order valence-corrected chi connectivity index (χ1v) is 7.20. The molecule has 0 bridgehead atoms. The van der Waals surface area contributed by atoms with Gasteiger partial charge >= 0.3 is 0 Å². The summed E-state index contributed by atoms with van der Waals surface area (Å²) in [4.78, 5) is 23.8. The molecule has 0 saturated carbocycles. The fourth-order valence-electron chi connectivity index (χ4n) is 2.68. The average molecular weight is 314 g/mol. The van der Waals surface area contributed by atoms with Crippen molar-refractivity contribution in [2.24, 2.45) is 0 Å². The number of benzene rings is 2. The number of phenolic OH excluding ortho intramolecular Hbond substituents is 1. The number of carbonyl (C=O) groups is 2. The van der Waals surface area contributed by atoms with Crippen molar-refractivity contribution in [1.82, 2.24) is 5.32 Å². The van der Waals surface area contributed by atoms with Crippen LogP contribution in [0, 0.1) is 5.82 Å². The van der Waals surface area contributed by atoms with E-state index in [1.54, 1.807) is 6.07 Å². The van der Waals surface area contributed by atoms with E-state index in [-0.39, 0.29) is 36.1 Å². The van der Waals surface area contributed by atoms with Crippen LogP contribution in [0.2, 0.25) is 0 Å². The number of phenols is 1. The van der Waals surface area contributed by atoms with Gasteiger partial charge in [0.25, 0.3) is 5.91 Å². The molecule has 6 heteroatoms. The second kappa shape index (κ2) is 6.08. The molecule has 0 saturated heterocycles. The molecule has 0 spiro atoms. The normalized spacial score (nSPS) is 16.4. The monoisotopic (exact) mass is 314 g/mol. The summed E-state index contributed by atoms with van der Waals surface area (Å²) in [5, 5.41) is 14.6. The molecular formula is C17H15FN2O3. The van der Waals surface area contributed by atoms with Crippen molar-refractivity contribution in [3.8, 4) is 5.75 Å². The molecule has 23 heavy (non-hydrogen) atoms. The van der Waals surface area contributed by atoms with Gasteiger partial charge < -0.3 is 15.7 Å². The van der Waals surface area contributed by atoms with Gasteiger partial charge in [-0.25, -0.2) is 4.39 Å². The van der Waals surface area contributed by atoms with Crippen LogP contribution in [0.3, 0.4) is 0 Å². The lowest BCUT2D eigenvalue weighted by molar-refractivity contribution is -0.116. The Morgan fingerprint density at radius 2 is 2.09 bits per heavy atom. The van der Waals surface area contributed by atoms with E-state index in [2.05, 4.69) is 10.6 Å². The smallest absolute Gasteiger partial charge is 0.254 e. The van der Waals surface area contributed by atoms with Crippen LogP contribution < -0.4 is 10.6 Å². The summed E-state index contributed by atoms with van der Waals surface area (Å²) in [6.07, 6.45) is 0.259. The third-order valence-electron chi connectivity index (χ3n) is 3.81. The summed E-state index contributed by atoms with van der Waals surface area (Å²) in [7, 11) is 0. The lowest BCUT2D eigenvalue weighted by atomic mass is 9.90. The Morgan fingerprint density at radius 3 is 2.87 bits per heavy atom. The van der Waals surface area contributed by atoms with Gasteiger partial charge in [0.1, 0.15) is 11.6 Å². The zero-order valence-corrected chi connectivity index (χ0v) is 12.2. The number of aromatic hydroxyl groups is 1. The number of amides is 2. The third kappa shape index (κ3) is 3.15. The zero-order chi connectivity index (χ0) is 16.4. The van der Waals surface area contributed by atoms with Crippen LogP contribution in [-0.2, 0) is 4.79 Å².